The Morgan fingerprint density at radius 3 is 2.63 bits per heavy atom. The van der Waals surface area contributed by atoms with Crippen molar-refractivity contribution in [2.75, 3.05) is 12.3 Å². The van der Waals surface area contributed by atoms with Gasteiger partial charge in [0.2, 0.25) is 0 Å². The van der Waals surface area contributed by atoms with E-state index in [9.17, 15) is 8.42 Å². The van der Waals surface area contributed by atoms with Gasteiger partial charge < -0.3 is 5.32 Å². The predicted octanol–water partition coefficient (Wildman–Crippen LogP) is 2.89. The van der Waals surface area contributed by atoms with Crippen LogP contribution in [-0.2, 0) is 16.4 Å². The van der Waals surface area contributed by atoms with Crippen LogP contribution in [-0.4, -0.2) is 26.0 Å². The monoisotopic (exact) mass is 301 g/mol. The summed E-state index contributed by atoms with van der Waals surface area (Å²) in [6.07, 6.45) is 5.08. The van der Waals surface area contributed by atoms with Crippen molar-refractivity contribution >= 4 is 21.2 Å². The van der Waals surface area contributed by atoms with Crippen molar-refractivity contribution in [3.8, 4) is 0 Å². The molecule has 1 saturated carbocycles. The number of nitrogens with one attached hydrogen (secondary N) is 1. The number of sulfone groups is 1. The molecule has 0 atom stereocenters. The summed E-state index contributed by atoms with van der Waals surface area (Å²) in [7, 11) is -2.89. The third-order valence-electron chi connectivity index (χ3n) is 3.72. The van der Waals surface area contributed by atoms with Crippen molar-refractivity contribution < 1.29 is 8.42 Å². The van der Waals surface area contributed by atoms with Crippen LogP contribution in [0.15, 0.2) is 12.1 Å². The Morgan fingerprint density at radius 2 is 2.00 bits per heavy atom. The molecule has 0 saturated heterocycles. The third kappa shape index (κ3) is 4.58. The molecule has 0 amide bonds. The van der Waals surface area contributed by atoms with Gasteiger partial charge in [0.15, 0.2) is 9.84 Å². The lowest BCUT2D eigenvalue weighted by atomic mass is 10.0. The summed E-state index contributed by atoms with van der Waals surface area (Å²) in [5, 5.41) is 3.16. The first-order valence-corrected chi connectivity index (χ1v) is 9.59. The molecule has 1 aliphatic carbocycles. The number of rotatable bonds is 6. The molecule has 1 fully saturated rings. The second-order valence-electron chi connectivity index (χ2n) is 5.32. The maximum atomic E-state index is 12.2. The van der Waals surface area contributed by atoms with Crippen LogP contribution in [0.5, 0.6) is 0 Å². The smallest absolute Gasteiger partial charge is 0.154 e. The van der Waals surface area contributed by atoms with Crippen LogP contribution >= 0.6 is 11.3 Å². The number of thiophene rings is 1. The van der Waals surface area contributed by atoms with E-state index >= 15 is 0 Å². The zero-order valence-corrected chi connectivity index (χ0v) is 13.2. The van der Waals surface area contributed by atoms with E-state index in [0.717, 1.165) is 32.2 Å². The molecule has 1 aromatic rings. The highest BCUT2D eigenvalue weighted by Crippen LogP contribution is 2.24. The van der Waals surface area contributed by atoms with Crippen LogP contribution < -0.4 is 5.32 Å². The van der Waals surface area contributed by atoms with Gasteiger partial charge in [-0.05, 0) is 31.9 Å². The molecule has 19 heavy (non-hydrogen) atoms. The van der Waals surface area contributed by atoms with Crippen molar-refractivity contribution in [1.29, 1.82) is 0 Å². The SMILES string of the molecule is Cc1ccc(CNCCS(=O)(=O)C2CCCCC2)s1. The molecule has 0 bridgehead atoms. The van der Waals surface area contributed by atoms with E-state index in [1.807, 2.05) is 0 Å². The van der Waals surface area contributed by atoms with Crippen molar-refractivity contribution in [2.24, 2.45) is 0 Å². The summed E-state index contributed by atoms with van der Waals surface area (Å²) in [5.41, 5.74) is 0. The maximum Gasteiger partial charge on any atom is 0.154 e. The van der Waals surface area contributed by atoms with E-state index < -0.39 is 9.84 Å². The third-order valence-corrected chi connectivity index (χ3v) is 6.98. The Labute approximate surface area is 120 Å². The molecular formula is C14H23NO2S2. The van der Waals surface area contributed by atoms with Gasteiger partial charge in [0.25, 0.3) is 0 Å². The standard InChI is InChI=1S/C14H23NO2S2/c1-12-7-8-13(18-12)11-15-9-10-19(16,17)14-5-3-2-4-6-14/h7-8,14-15H,2-6,9-11H2,1H3. The summed E-state index contributed by atoms with van der Waals surface area (Å²) in [4.78, 5) is 2.57. The fraction of sp³-hybridized carbons (Fsp3) is 0.714. The van der Waals surface area contributed by atoms with Crippen LogP contribution in [0.1, 0.15) is 41.9 Å². The molecule has 0 radical (unpaired) electrons. The van der Waals surface area contributed by atoms with E-state index in [2.05, 4.69) is 24.4 Å². The molecule has 5 heteroatoms. The molecule has 1 aliphatic rings. The first-order valence-electron chi connectivity index (χ1n) is 7.05. The van der Waals surface area contributed by atoms with Crippen molar-refractivity contribution in [3.63, 3.8) is 0 Å². The second kappa shape index (κ2) is 6.86. The largest absolute Gasteiger partial charge is 0.311 e. The summed E-state index contributed by atoms with van der Waals surface area (Å²) in [5.74, 6) is 0.280. The zero-order valence-electron chi connectivity index (χ0n) is 11.5. The Kier molecular flexibility index (Phi) is 5.42. The predicted molar refractivity (Wildman–Crippen MR) is 81.4 cm³/mol. The van der Waals surface area contributed by atoms with E-state index in [1.54, 1.807) is 11.3 Å². The highest BCUT2D eigenvalue weighted by Gasteiger charge is 2.26. The Bertz CT molecular complexity index is 487. The van der Waals surface area contributed by atoms with Gasteiger partial charge >= 0.3 is 0 Å². The number of hydrogen-bond acceptors (Lipinski definition) is 4. The minimum absolute atomic E-state index is 0.0768. The molecule has 108 valence electrons. The lowest BCUT2D eigenvalue weighted by Crippen LogP contribution is -2.31. The van der Waals surface area contributed by atoms with Gasteiger partial charge in [0.05, 0.1) is 11.0 Å². The summed E-state index contributed by atoms with van der Waals surface area (Å²) in [6, 6.07) is 4.20. The summed E-state index contributed by atoms with van der Waals surface area (Å²) in [6.45, 7) is 3.43. The van der Waals surface area contributed by atoms with Crippen LogP contribution in [0, 0.1) is 6.92 Å². The summed E-state index contributed by atoms with van der Waals surface area (Å²) < 4.78 is 24.3. The van der Waals surface area contributed by atoms with Crippen molar-refractivity contribution in [2.45, 2.75) is 50.8 Å². The van der Waals surface area contributed by atoms with E-state index in [1.165, 1.54) is 16.2 Å². The Balaban J connectivity index is 1.72. The van der Waals surface area contributed by atoms with Crippen LogP contribution in [0.4, 0.5) is 0 Å². The molecule has 1 N–H and O–H groups in total. The minimum Gasteiger partial charge on any atom is -0.311 e. The molecule has 0 aromatic carbocycles. The van der Waals surface area contributed by atoms with Crippen LogP contribution in [0.2, 0.25) is 0 Å². The average molecular weight is 301 g/mol. The molecule has 3 nitrogen and oxygen atoms in total. The lowest BCUT2D eigenvalue weighted by Gasteiger charge is -2.21. The average Bonchev–Trinajstić information content (AvgIpc) is 2.82. The first-order chi connectivity index (χ1) is 9.08. The van der Waals surface area contributed by atoms with Gasteiger partial charge in [-0.2, -0.15) is 0 Å². The molecule has 0 unspecified atom stereocenters. The van der Waals surface area contributed by atoms with Crippen LogP contribution in [0.3, 0.4) is 0 Å². The van der Waals surface area contributed by atoms with E-state index in [-0.39, 0.29) is 11.0 Å². The maximum absolute atomic E-state index is 12.2. The van der Waals surface area contributed by atoms with Crippen molar-refractivity contribution in [1.82, 2.24) is 5.32 Å². The summed E-state index contributed by atoms with van der Waals surface area (Å²) >= 11 is 1.76. The zero-order chi connectivity index (χ0) is 13.7. The molecule has 0 spiro atoms. The van der Waals surface area contributed by atoms with Crippen LogP contribution in [0.25, 0.3) is 0 Å². The Morgan fingerprint density at radius 1 is 1.26 bits per heavy atom. The molecule has 1 heterocycles. The number of hydrogen-bond donors (Lipinski definition) is 1. The van der Waals surface area contributed by atoms with Gasteiger partial charge in [-0.15, -0.1) is 11.3 Å². The van der Waals surface area contributed by atoms with Gasteiger partial charge in [0, 0.05) is 22.8 Å². The van der Waals surface area contributed by atoms with Crippen molar-refractivity contribution in [3.05, 3.63) is 21.9 Å². The first kappa shape index (κ1) is 15.0. The van der Waals surface area contributed by atoms with E-state index in [4.69, 9.17) is 0 Å². The van der Waals surface area contributed by atoms with Gasteiger partial charge in [-0.25, -0.2) is 8.42 Å². The highest BCUT2D eigenvalue weighted by atomic mass is 32.2. The molecule has 2 rings (SSSR count). The number of aryl methyl sites for hydroxylation is 1. The quantitative estimate of drug-likeness (QED) is 0.822. The van der Waals surface area contributed by atoms with Gasteiger partial charge in [-0.3, -0.25) is 0 Å². The molecular weight excluding hydrogens is 278 g/mol. The van der Waals surface area contributed by atoms with E-state index in [0.29, 0.717) is 6.54 Å². The van der Waals surface area contributed by atoms with Gasteiger partial charge in [-0.1, -0.05) is 19.3 Å². The van der Waals surface area contributed by atoms with Gasteiger partial charge in [0.1, 0.15) is 0 Å². The minimum atomic E-state index is -2.89. The fourth-order valence-corrected chi connectivity index (χ4v) is 5.27. The normalized spacial score (nSPS) is 17.7. The Hall–Kier alpha value is -0.390. The highest BCUT2D eigenvalue weighted by molar-refractivity contribution is 7.92. The molecule has 0 aliphatic heterocycles. The topological polar surface area (TPSA) is 46.2 Å². The molecule has 1 aromatic heterocycles. The fourth-order valence-electron chi connectivity index (χ4n) is 2.60. The second-order valence-corrected chi connectivity index (χ2v) is 9.09. The lowest BCUT2D eigenvalue weighted by molar-refractivity contribution is 0.482.